The van der Waals surface area contributed by atoms with E-state index in [9.17, 15) is 14.9 Å². The quantitative estimate of drug-likeness (QED) is 0.226. The van der Waals surface area contributed by atoms with Gasteiger partial charge in [-0.05, 0) is 36.6 Å². The monoisotopic (exact) mass is 345 g/mol. The number of nitrogens with zero attached hydrogens (tertiary/aromatic N) is 1. The van der Waals surface area contributed by atoms with Gasteiger partial charge in [-0.2, -0.15) is 0 Å². The van der Waals surface area contributed by atoms with Crippen molar-refractivity contribution in [3.05, 3.63) is 82.4 Å². The summed E-state index contributed by atoms with van der Waals surface area (Å²) in [5, 5.41) is 10.4. The summed E-state index contributed by atoms with van der Waals surface area (Å²) in [6, 6.07) is 18.1. The van der Waals surface area contributed by atoms with E-state index in [0.717, 1.165) is 18.4 Å². The van der Waals surface area contributed by atoms with E-state index in [2.05, 4.69) is 0 Å². The van der Waals surface area contributed by atoms with Crippen LogP contribution in [-0.4, -0.2) is 16.6 Å². The Morgan fingerprint density at radius 3 is 2.00 bits per heavy atom. The number of nitro groups is 1. The number of ketones is 1. The van der Waals surface area contributed by atoms with Crippen molar-refractivity contribution in [3.63, 3.8) is 0 Å². The Bertz CT molecular complexity index is 613. The van der Waals surface area contributed by atoms with Gasteiger partial charge in [-0.1, -0.05) is 42.5 Å². The fraction of sp³-hybridized carbons (Fsp3) is 0.211. The van der Waals surface area contributed by atoms with Crippen LogP contribution < -0.4 is 0 Å². The molecule has 2 aromatic rings. The Balaban J connectivity index is 0.000000400. The van der Waals surface area contributed by atoms with Crippen LogP contribution in [0, 0.1) is 10.1 Å². The van der Waals surface area contributed by atoms with Gasteiger partial charge in [0, 0.05) is 24.4 Å². The van der Waals surface area contributed by atoms with Crippen LogP contribution in [-0.2, 0) is 4.79 Å². The van der Waals surface area contributed by atoms with E-state index in [1.807, 2.05) is 36.4 Å². The maximum atomic E-state index is 11.4. The molecule has 126 valence electrons. The smallest absolute Gasteiger partial charge is 0.269 e. The highest BCUT2D eigenvalue weighted by Gasteiger charge is 2.02. The number of non-ortho nitro benzene ring substituents is 1. The Hall–Kier alpha value is -2.46. The SMILES string of the molecule is O=C(C=Cc1ccc([N+](=O)[O-])cc1)CCCCCl.c1ccccc1. The number of unbranched alkanes of at least 4 members (excludes halogenated alkanes) is 1. The zero-order valence-electron chi connectivity index (χ0n) is 13.3. The number of benzene rings is 2. The first-order valence-electron chi connectivity index (χ1n) is 7.65. The molecule has 0 bridgehead atoms. The molecule has 2 aromatic carbocycles. The first-order chi connectivity index (χ1) is 11.6. The van der Waals surface area contributed by atoms with Crippen LogP contribution in [0.25, 0.3) is 6.08 Å². The Morgan fingerprint density at radius 1 is 1.00 bits per heavy atom. The highest BCUT2D eigenvalue weighted by molar-refractivity contribution is 6.17. The predicted molar refractivity (Wildman–Crippen MR) is 98.2 cm³/mol. The van der Waals surface area contributed by atoms with E-state index in [4.69, 9.17) is 11.6 Å². The molecule has 0 aliphatic carbocycles. The van der Waals surface area contributed by atoms with E-state index in [1.165, 1.54) is 18.2 Å². The maximum Gasteiger partial charge on any atom is 0.269 e. The van der Waals surface area contributed by atoms with Gasteiger partial charge in [-0.25, -0.2) is 0 Å². The van der Waals surface area contributed by atoms with E-state index in [0.29, 0.717) is 12.3 Å². The van der Waals surface area contributed by atoms with Crippen LogP contribution >= 0.6 is 11.6 Å². The zero-order chi connectivity index (χ0) is 17.6. The molecule has 0 atom stereocenters. The van der Waals surface area contributed by atoms with Crippen LogP contribution in [0.1, 0.15) is 24.8 Å². The van der Waals surface area contributed by atoms with E-state index in [1.54, 1.807) is 18.2 Å². The average molecular weight is 346 g/mol. The minimum absolute atomic E-state index is 0.0402. The molecular weight excluding hydrogens is 326 g/mol. The zero-order valence-corrected chi connectivity index (χ0v) is 14.1. The average Bonchev–Trinajstić information content (AvgIpc) is 2.62. The summed E-state index contributed by atoms with van der Waals surface area (Å²) in [5.74, 6) is 0.609. The maximum absolute atomic E-state index is 11.4. The van der Waals surface area contributed by atoms with Crippen molar-refractivity contribution in [2.75, 3.05) is 5.88 Å². The number of hydrogen-bond donors (Lipinski definition) is 0. The van der Waals surface area contributed by atoms with Crippen LogP contribution in [0.5, 0.6) is 0 Å². The van der Waals surface area contributed by atoms with Gasteiger partial charge in [-0.3, -0.25) is 14.9 Å². The fourth-order valence-corrected chi connectivity index (χ4v) is 1.95. The third-order valence-corrected chi connectivity index (χ3v) is 3.31. The van der Waals surface area contributed by atoms with Crippen LogP contribution in [0.3, 0.4) is 0 Å². The Morgan fingerprint density at radius 2 is 1.54 bits per heavy atom. The summed E-state index contributed by atoms with van der Waals surface area (Å²) in [7, 11) is 0. The van der Waals surface area contributed by atoms with Crippen molar-refractivity contribution in [1.29, 1.82) is 0 Å². The normalized spacial score (nSPS) is 10.0. The van der Waals surface area contributed by atoms with Crippen LogP contribution in [0.2, 0.25) is 0 Å². The molecule has 0 saturated carbocycles. The molecular formula is C19H20ClNO3. The molecule has 0 aromatic heterocycles. The molecule has 4 nitrogen and oxygen atoms in total. The molecule has 0 radical (unpaired) electrons. The summed E-state index contributed by atoms with van der Waals surface area (Å²) in [6.45, 7) is 0. The molecule has 0 N–H and O–H groups in total. The number of rotatable bonds is 7. The molecule has 24 heavy (non-hydrogen) atoms. The molecule has 5 heteroatoms. The lowest BCUT2D eigenvalue weighted by Gasteiger charge is -1.95. The standard InChI is InChI=1S/C13H14ClNO3.C6H6/c14-10-2-1-3-13(16)9-6-11-4-7-12(8-5-11)15(17)18;1-2-4-6-5-3-1/h4-9H,1-3,10H2;1-6H. The number of alkyl halides is 1. The van der Waals surface area contributed by atoms with Gasteiger partial charge < -0.3 is 0 Å². The van der Waals surface area contributed by atoms with E-state index < -0.39 is 4.92 Å². The lowest BCUT2D eigenvalue weighted by Crippen LogP contribution is -1.92. The lowest BCUT2D eigenvalue weighted by atomic mass is 10.1. The van der Waals surface area contributed by atoms with Gasteiger partial charge in [0.1, 0.15) is 0 Å². The molecule has 0 aliphatic rings. The second kappa shape index (κ2) is 12.0. The van der Waals surface area contributed by atoms with Gasteiger partial charge in [0.15, 0.2) is 5.78 Å². The van der Waals surface area contributed by atoms with Gasteiger partial charge in [-0.15, -0.1) is 11.6 Å². The summed E-state index contributed by atoms with van der Waals surface area (Å²) >= 11 is 5.51. The number of hydrogen-bond acceptors (Lipinski definition) is 3. The van der Waals surface area contributed by atoms with Crippen molar-refractivity contribution in [3.8, 4) is 0 Å². The van der Waals surface area contributed by atoms with Crippen molar-refractivity contribution in [2.24, 2.45) is 0 Å². The molecule has 0 unspecified atom stereocenters. The minimum Gasteiger partial charge on any atom is -0.295 e. The summed E-state index contributed by atoms with van der Waals surface area (Å²) in [4.78, 5) is 21.4. The molecule has 0 amide bonds. The van der Waals surface area contributed by atoms with Crippen molar-refractivity contribution in [2.45, 2.75) is 19.3 Å². The Kier molecular flexibility index (Phi) is 9.81. The molecule has 0 spiro atoms. The first-order valence-corrected chi connectivity index (χ1v) is 8.18. The van der Waals surface area contributed by atoms with Crippen molar-refractivity contribution < 1.29 is 9.72 Å². The molecule has 0 saturated heterocycles. The molecule has 0 fully saturated rings. The van der Waals surface area contributed by atoms with Gasteiger partial charge in [0.05, 0.1) is 4.92 Å². The lowest BCUT2D eigenvalue weighted by molar-refractivity contribution is -0.384. The van der Waals surface area contributed by atoms with Crippen molar-refractivity contribution >= 4 is 29.1 Å². The third kappa shape index (κ3) is 8.86. The van der Waals surface area contributed by atoms with Gasteiger partial charge in [0.25, 0.3) is 5.69 Å². The number of carbonyl (C=O) groups excluding carboxylic acids is 1. The van der Waals surface area contributed by atoms with E-state index >= 15 is 0 Å². The van der Waals surface area contributed by atoms with E-state index in [-0.39, 0.29) is 11.5 Å². The minimum atomic E-state index is -0.454. The first kappa shape index (κ1) is 19.6. The fourth-order valence-electron chi connectivity index (χ4n) is 1.76. The molecule has 0 heterocycles. The third-order valence-electron chi connectivity index (χ3n) is 3.04. The summed E-state index contributed by atoms with van der Waals surface area (Å²) in [6.07, 6.45) is 5.25. The highest BCUT2D eigenvalue weighted by atomic mass is 35.5. The molecule has 2 rings (SSSR count). The highest BCUT2D eigenvalue weighted by Crippen LogP contribution is 2.13. The molecule has 0 aliphatic heterocycles. The van der Waals surface area contributed by atoms with Gasteiger partial charge >= 0.3 is 0 Å². The van der Waals surface area contributed by atoms with Crippen LogP contribution in [0.4, 0.5) is 5.69 Å². The largest absolute Gasteiger partial charge is 0.295 e. The van der Waals surface area contributed by atoms with Crippen molar-refractivity contribution in [1.82, 2.24) is 0 Å². The number of carbonyl (C=O) groups is 1. The second-order valence-corrected chi connectivity index (χ2v) is 5.33. The summed E-state index contributed by atoms with van der Waals surface area (Å²) in [5.41, 5.74) is 0.812. The van der Waals surface area contributed by atoms with Crippen LogP contribution in [0.15, 0.2) is 66.7 Å². The Labute approximate surface area is 146 Å². The number of allylic oxidation sites excluding steroid dienone is 1. The second-order valence-electron chi connectivity index (χ2n) is 4.95. The number of halogens is 1. The number of nitro benzene ring substituents is 1. The topological polar surface area (TPSA) is 60.2 Å². The predicted octanol–water partition coefficient (Wildman–Crippen LogP) is 5.27. The van der Waals surface area contributed by atoms with Gasteiger partial charge in [0.2, 0.25) is 0 Å². The summed E-state index contributed by atoms with van der Waals surface area (Å²) < 4.78 is 0.